The SMILES string of the molecule is Cc1ccc(S(=O)(=O)N2C/C(=C(\OC(=O)c3ccccc3I)c3ccccc3)C(C)(CC(F)(F)F)C2)cc1. The van der Waals surface area contributed by atoms with Gasteiger partial charge in [0.2, 0.25) is 10.0 Å². The molecule has 0 amide bonds. The highest BCUT2D eigenvalue weighted by Crippen LogP contribution is 2.48. The highest BCUT2D eigenvalue weighted by molar-refractivity contribution is 14.1. The van der Waals surface area contributed by atoms with Gasteiger partial charge in [0.25, 0.3) is 0 Å². The Kier molecular flexibility index (Phi) is 8.06. The fourth-order valence-electron chi connectivity index (χ4n) is 4.55. The molecule has 0 saturated carbocycles. The Morgan fingerprint density at radius 2 is 1.61 bits per heavy atom. The van der Waals surface area contributed by atoms with Crippen LogP contribution in [0.5, 0.6) is 0 Å². The van der Waals surface area contributed by atoms with E-state index in [0.29, 0.717) is 9.13 Å². The molecule has 1 heterocycles. The topological polar surface area (TPSA) is 63.7 Å². The normalized spacial score (nSPS) is 19.8. The maximum atomic E-state index is 13.9. The zero-order valence-corrected chi connectivity index (χ0v) is 23.6. The number of aryl methyl sites for hydroxylation is 1. The summed E-state index contributed by atoms with van der Waals surface area (Å²) in [6, 6.07) is 21.1. The van der Waals surface area contributed by atoms with Crippen LogP contribution in [0.25, 0.3) is 5.76 Å². The van der Waals surface area contributed by atoms with E-state index in [1.807, 2.05) is 29.5 Å². The second kappa shape index (κ2) is 10.8. The van der Waals surface area contributed by atoms with E-state index in [9.17, 15) is 26.4 Å². The van der Waals surface area contributed by atoms with Gasteiger partial charge in [-0.05, 0) is 59.4 Å². The van der Waals surface area contributed by atoms with Gasteiger partial charge in [0.05, 0.1) is 16.9 Å². The molecule has 200 valence electrons. The van der Waals surface area contributed by atoms with E-state index in [1.54, 1.807) is 66.7 Å². The third kappa shape index (κ3) is 6.13. The summed E-state index contributed by atoms with van der Waals surface area (Å²) in [5.41, 5.74) is -0.102. The number of carbonyl (C=O) groups excluding carboxylic acids is 1. The van der Waals surface area contributed by atoms with E-state index in [2.05, 4.69) is 0 Å². The fraction of sp³-hybridized carbons (Fsp3) is 0.250. The molecule has 0 aromatic heterocycles. The molecule has 3 aromatic carbocycles. The quantitative estimate of drug-likeness (QED) is 0.166. The van der Waals surface area contributed by atoms with Crippen LogP contribution in [0.2, 0.25) is 0 Å². The van der Waals surface area contributed by atoms with Crippen molar-refractivity contribution < 1.29 is 31.1 Å². The van der Waals surface area contributed by atoms with Crippen LogP contribution in [0.3, 0.4) is 0 Å². The van der Waals surface area contributed by atoms with Crippen molar-refractivity contribution in [2.45, 2.75) is 31.3 Å². The molecule has 0 bridgehead atoms. The number of carbonyl (C=O) groups is 1. The van der Waals surface area contributed by atoms with Gasteiger partial charge in [0.15, 0.2) is 0 Å². The van der Waals surface area contributed by atoms with Crippen LogP contribution in [-0.4, -0.2) is 38.0 Å². The summed E-state index contributed by atoms with van der Waals surface area (Å²) in [5.74, 6) is -0.806. The number of hydrogen-bond donors (Lipinski definition) is 0. The number of hydrogen-bond acceptors (Lipinski definition) is 4. The minimum absolute atomic E-state index is 0.0178. The Bertz CT molecular complexity index is 1470. The summed E-state index contributed by atoms with van der Waals surface area (Å²) in [4.78, 5) is 13.2. The average Bonchev–Trinajstić information content (AvgIpc) is 3.19. The Balaban J connectivity index is 1.87. The molecular weight excluding hydrogens is 630 g/mol. The van der Waals surface area contributed by atoms with Crippen LogP contribution < -0.4 is 0 Å². The zero-order valence-electron chi connectivity index (χ0n) is 20.6. The van der Waals surface area contributed by atoms with Gasteiger partial charge in [0.1, 0.15) is 5.76 Å². The fourth-order valence-corrected chi connectivity index (χ4v) is 6.69. The van der Waals surface area contributed by atoms with Crippen molar-refractivity contribution >= 4 is 44.3 Å². The number of ether oxygens (including phenoxy) is 1. The summed E-state index contributed by atoms with van der Waals surface area (Å²) in [6.07, 6.45) is -5.88. The van der Waals surface area contributed by atoms with Crippen LogP contribution in [0.15, 0.2) is 89.3 Å². The lowest BCUT2D eigenvalue weighted by Gasteiger charge is -2.28. The maximum absolute atomic E-state index is 13.9. The third-order valence-corrected chi connectivity index (χ3v) is 9.18. The third-order valence-electron chi connectivity index (χ3n) is 6.44. The molecule has 1 saturated heterocycles. The van der Waals surface area contributed by atoms with Crippen molar-refractivity contribution in [3.05, 3.63) is 105 Å². The molecule has 0 aliphatic carbocycles. The second-order valence-electron chi connectivity index (χ2n) is 9.48. The lowest BCUT2D eigenvalue weighted by molar-refractivity contribution is -0.150. The minimum atomic E-state index is -4.59. The van der Waals surface area contributed by atoms with Crippen molar-refractivity contribution in [1.29, 1.82) is 0 Å². The van der Waals surface area contributed by atoms with Gasteiger partial charge < -0.3 is 4.74 Å². The van der Waals surface area contributed by atoms with E-state index in [1.165, 1.54) is 19.1 Å². The Morgan fingerprint density at radius 1 is 1.00 bits per heavy atom. The van der Waals surface area contributed by atoms with Gasteiger partial charge in [-0.2, -0.15) is 17.5 Å². The summed E-state index contributed by atoms with van der Waals surface area (Å²) in [7, 11) is -4.13. The van der Waals surface area contributed by atoms with E-state index in [0.717, 1.165) is 9.87 Å². The molecule has 38 heavy (non-hydrogen) atoms. The summed E-state index contributed by atoms with van der Waals surface area (Å²) in [5, 5.41) is 0. The van der Waals surface area contributed by atoms with Crippen molar-refractivity contribution in [3.63, 3.8) is 0 Å². The number of esters is 1. The van der Waals surface area contributed by atoms with Crippen molar-refractivity contribution in [1.82, 2.24) is 4.31 Å². The monoisotopic (exact) mass is 655 g/mol. The molecule has 1 aliphatic heterocycles. The number of sulfonamides is 1. The Morgan fingerprint density at radius 3 is 2.21 bits per heavy atom. The van der Waals surface area contributed by atoms with Crippen LogP contribution in [0, 0.1) is 15.9 Å². The van der Waals surface area contributed by atoms with Gasteiger partial charge in [-0.3, -0.25) is 0 Å². The lowest BCUT2D eigenvalue weighted by atomic mass is 9.80. The predicted molar refractivity (Wildman–Crippen MR) is 147 cm³/mol. The molecule has 1 unspecified atom stereocenters. The molecule has 10 heteroatoms. The standard InChI is InChI=1S/C28H25F3INO4S/c1-19-12-14-21(15-13-19)38(35,36)33-16-23(27(2,18-33)17-28(29,30)31)25(20-8-4-3-5-9-20)37-26(34)22-10-6-7-11-24(22)32/h3-15H,16-18H2,1-2H3/b25-23+. The van der Waals surface area contributed by atoms with Crippen LogP contribution in [0.4, 0.5) is 13.2 Å². The largest absolute Gasteiger partial charge is 0.422 e. The summed E-state index contributed by atoms with van der Waals surface area (Å²) < 4.78 is 76.1. The summed E-state index contributed by atoms with van der Waals surface area (Å²) >= 11 is 1.98. The highest BCUT2D eigenvalue weighted by atomic mass is 127. The Hall–Kier alpha value is -2.70. The van der Waals surface area contributed by atoms with Crippen molar-refractivity contribution in [3.8, 4) is 0 Å². The molecule has 3 aromatic rings. The van der Waals surface area contributed by atoms with Gasteiger partial charge in [-0.15, -0.1) is 0 Å². The van der Waals surface area contributed by atoms with Crippen molar-refractivity contribution in [2.24, 2.45) is 5.41 Å². The first kappa shape index (κ1) is 28.3. The lowest BCUT2D eigenvalue weighted by Crippen LogP contribution is -2.33. The number of nitrogens with zero attached hydrogens (tertiary/aromatic N) is 1. The molecule has 0 radical (unpaired) electrons. The first-order valence-electron chi connectivity index (χ1n) is 11.7. The van der Waals surface area contributed by atoms with Gasteiger partial charge in [-0.1, -0.05) is 67.1 Å². The van der Waals surface area contributed by atoms with E-state index in [-0.39, 0.29) is 28.3 Å². The van der Waals surface area contributed by atoms with E-state index in [4.69, 9.17) is 4.74 Å². The number of halogens is 4. The molecule has 0 spiro atoms. The molecular formula is C28H25F3INO4S. The van der Waals surface area contributed by atoms with E-state index < -0.39 is 40.5 Å². The smallest absolute Gasteiger partial charge is 0.390 e. The molecule has 1 fully saturated rings. The Labute approximate surface area is 233 Å². The molecule has 5 nitrogen and oxygen atoms in total. The van der Waals surface area contributed by atoms with Crippen LogP contribution in [-0.2, 0) is 14.8 Å². The molecule has 1 aliphatic rings. The summed E-state index contributed by atoms with van der Waals surface area (Å²) in [6.45, 7) is 2.40. The van der Waals surface area contributed by atoms with Crippen LogP contribution >= 0.6 is 22.6 Å². The first-order valence-corrected chi connectivity index (χ1v) is 14.2. The highest BCUT2D eigenvalue weighted by Gasteiger charge is 2.51. The molecule has 0 N–H and O–H groups in total. The van der Waals surface area contributed by atoms with Crippen molar-refractivity contribution in [2.75, 3.05) is 13.1 Å². The van der Waals surface area contributed by atoms with Crippen LogP contribution in [0.1, 0.15) is 34.8 Å². The molecule has 4 rings (SSSR count). The van der Waals surface area contributed by atoms with Gasteiger partial charge in [0, 0.05) is 27.6 Å². The average molecular weight is 655 g/mol. The zero-order chi connectivity index (χ0) is 27.7. The number of benzene rings is 3. The second-order valence-corrected chi connectivity index (χ2v) is 12.6. The van der Waals surface area contributed by atoms with Gasteiger partial charge >= 0.3 is 12.1 Å². The number of alkyl halides is 3. The van der Waals surface area contributed by atoms with Gasteiger partial charge in [-0.25, -0.2) is 13.2 Å². The first-order chi connectivity index (χ1) is 17.8. The molecule has 1 atom stereocenters. The predicted octanol–water partition coefficient (Wildman–Crippen LogP) is 6.83. The minimum Gasteiger partial charge on any atom is -0.422 e. The maximum Gasteiger partial charge on any atom is 0.390 e. The number of rotatable bonds is 6. The van der Waals surface area contributed by atoms with E-state index >= 15 is 0 Å².